The lowest BCUT2D eigenvalue weighted by Gasteiger charge is -2.05. The quantitative estimate of drug-likeness (QED) is 0.615. The first-order valence-corrected chi connectivity index (χ1v) is 4.45. The minimum atomic E-state index is 0.164. The van der Waals surface area contributed by atoms with E-state index in [1.54, 1.807) is 18.2 Å². The molecule has 1 rings (SSSR count). The van der Waals surface area contributed by atoms with Gasteiger partial charge in [0, 0.05) is 5.56 Å². The molecule has 0 aliphatic carbocycles. The van der Waals surface area contributed by atoms with Crippen molar-refractivity contribution in [2.45, 2.75) is 19.3 Å². The Balaban J connectivity index is 2.64. The van der Waals surface area contributed by atoms with Gasteiger partial charge in [0.25, 0.3) is 0 Å². The number of hydrogen-bond acceptors (Lipinski definition) is 3. The Labute approximate surface area is 77.8 Å². The normalized spacial score (nSPS) is 10.2. The van der Waals surface area contributed by atoms with Crippen LogP contribution in [0, 0.1) is 0 Å². The number of aromatic hydroxyl groups is 2. The molecule has 1 aromatic carbocycles. The third kappa shape index (κ3) is 2.63. The summed E-state index contributed by atoms with van der Waals surface area (Å²) >= 11 is 0. The number of benzene rings is 1. The lowest BCUT2D eigenvalue weighted by atomic mass is 10.1. The lowest BCUT2D eigenvalue weighted by Crippen LogP contribution is -1.99. The highest BCUT2D eigenvalue weighted by molar-refractivity contribution is 5.42. The van der Waals surface area contributed by atoms with E-state index in [4.69, 9.17) is 5.73 Å². The van der Waals surface area contributed by atoms with Crippen LogP contribution in [-0.2, 0) is 6.42 Å². The van der Waals surface area contributed by atoms with Gasteiger partial charge in [0.2, 0.25) is 0 Å². The van der Waals surface area contributed by atoms with Gasteiger partial charge in [0.05, 0.1) is 0 Å². The second-order valence-corrected chi connectivity index (χ2v) is 3.02. The molecule has 0 aliphatic heterocycles. The maximum atomic E-state index is 9.40. The van der Waals surface area contributed by atoms with Gasteiger partial charge < -0.3 is 15.9 Å². The fourth-order valence-electron chi connectivity index (χ4n) is 1.27. The zero-order valence-corrected chi connectivity index (χ0v) is 7.53. The number of unbranched alkanes of at least 4 members (excludes halogenated alkanes) is 1. The Morgan fingerprint density at radius 1 is 1.08 bits per heavy atom. The average molecular weight is 181 g/mol. The summed E-state index contributed by atoms with van der Waals surface area (Å²) in [6, 6.07) is 4.78. The Morgan fingerprint density at radius 3 is 2.23 bits per heavy atom. The highest BCUT2D eigenvalue weighted by Gasteiger charge is 2.05. The van der Waals surface area contributed by atoms with Gasteiger partial charge in [-0.25, -0.2) is 0 Å². The van der Waals surface area contributed by atoms with Crippen molar-refractivity contribution in [3.8, 4) is 11.5 Å². The van der Waals surface area contributed by atoms with Gasteiger partial charge in [0.1, 0.15) is 11.5 Å². The number of hydrogen-bond donors (Lipinski definition) is 3. The largest absolute Gasteiger partial charge is 0.508 e. The van der Waals surface area contributed by atoms with E-state index >= 15 is 0 Å². The molecule has 3 nitrogen and oxygen atoms in total. The van der Waals surface area contributed by atoms with Crippen LogP contribution in [-0.4, -0.2) is 16.8 Å². The molecule has 0 bridgehead atoms. The van der Waals surface area contributed by atoms with E-state index in [1.807, 2.05) is 0 Å². The molecule has 0 unspecified atom stereocenters. The molecular weight excluding hydrogens is 166 g/mol. The van der Waals surface area contributed by atoms with Crippen molar-refractivity contribution in [3.63, 3.8) is 0 Å². The van der Waals surface area contributed by atoms with E-state index in [-0.39, 0.29) is 11.5 Å². The third-order valence-electron chi connectivity index (χ3n) is 2.01. The monoisotopic (exact) mass is 181 g/mol. The molecule has 1 aromatic rings. The summed E-state index contributed by atoms with van der Waals surface area (Å²) in [5.41, 5.74) is 5.97. The zero-order valence-electron chi connectivity index (χ0n) is 7.53. The van der Waals surface area contributed by atoms with E-state index in [0.29, 0.717) is 18.5 Å². The summed E-state index contributed by atoms with van der Waals surface area (Å²) in [6.45, 7) is 0.647. The Hall–Kier alpha value is -1.22. The van der Waals surface area contributed by atoms with Gasteiger partial charge >= 0.3 is 0 Å². The Bertz CT molecular complexity index is 253. The summed E-state index contributed by atoms with van der Waals surface area (Å²) in [5, 5.41) is 18.8. The van der Waals surface area contributed by atoms with Crippen LogP contribution in [0.25, 0.3) is 0 Å². The highest BCUT2D eigenvalue weighted by Crippen LogP contribution is 2.27. The Morgan fingerprint density at radius 2 is 1.69 bits per heavy atom. The third-order valence-corrected chi connectivity index (χ3v) is 2.01. The van der Waals surface area contributed by atoms with Crippen molar-refractivity contribution in [1.29, 1.82) is 0 Å². The lowest BCUT2D eigenvalue weighted by molar-refractivity contribution is 0.436. The molecule has 4 N–H and O–H groups in total. The average Bonchev–Trinajstić information content (AvgIpc) is 2.10. The van der Waals surface area contributed by atoms with E-state index in [9.17, 15) is 10.2 Å². The summed E-state index contributed by atoms with van der Waals surface area (Å²) in [7, 11) is 0. The second-order valence-electron chi connectivity index (χ2n) is 3.02. The standard InChI is InChI=1S/C10H15NO2/c11-7-2-1-4-8-9(12)5-3-6-10(8)13/h3,5-6,12-13H,1-2,4,7,11H2. The first-order chi connectivity index (χ1) is 6.25. The summed E-state index contributed by atoms with van der Waals surface area (Å²) in [4.78, 5) is 0. The van der Waals surface area contributed by atoms with Gasteiger partial charge in [0.15, 0.2) is 0 Å². The molecule has 0 heterocycles. The maximum Gasteiger partial charge on any atom is 0.122 e. The van der Waals surface area contributed by atoms with E-state index in [2.05, 4.69) is 0 Å². The SMILES string of the molecule is NCCCCc1c(O)cccc1O. The number of nitrogens with two attached hydrogens (primary N) is 1. The van der Waals surface area contributed by atoms with Crippen LogP contribution in [0.15, 0.2) is 18.2 Å². The second kappa shape index (κ2) is 4.72. The number of phenolic OH excluding ortho intramolecular Hbond substituents is 2. The maximum absolute atomic E-state index is 9.40. The van der Waals surface area contributed by atoms with Gasteiger partial charge in [-0.15, -0.1) is 0 Å². The van der Waals surface area contributed by atoms with E-state index < -0.39 is 0 Å². The first-order valence-electron chi connectivity index (χ1n) is 4.45. The highest BCUT2D eigenvalue weighted by atomic mass is 16.3. The van der Waals surface area contributed by atoms with E-state index in [0.717, 1.165) is 12.8 Å². The molecule has 13 heavy (non-hydrogen) atoms. The number of phenols is 2. The molecule has 0 saturated carbocycles. The van der Waals surface area contributed by atoms with Crippen molar-refractivity contribution in [2.75, 3.05) is 6.54 Å². The minimum Gasteiger partial charge on any atom is -0.508 e. The van der Waals surface area contributed by atoms with Gasteiger partial charge in [-0.2, -0.15) is 0 Å². The molecule has 0 amide bonds. The van der Waals surface area contributed by atoms with Crippen molar-refractivity contribution in [1.82, 2.24) is 0 Å². The molecule has 0 saturated heterocycles. The molecular formula is C10H15NO2. The van der Waals surface area contributed by atoms with Crippen molar-refractivity contribution >= 4 is 0 Å². The first kappa shape index (κ1) is 9.86. The fraction of sp³-hybridized carbons (Fsp3) is 0.400. The van der Waals surface area contributed by atoms with E-state index in [1.165, 1.54) is 0 Å². The van der Waals surface area contributed by atoms with Crippen molar-refractivity contribution in [3.05, 3.63) is 23.8 Å². The van der Waals surface area contributed by atoms with Crippen LogP contribution in [0.5, 0.6) is 11.5 Å². The topological polar surface area (TPSA) is 66.5 Å². The van der Waals surface area contributed by atoms with Gasteiger partial charge in [-0.05, 0) is 37.9 Å². The molecule has 3 heteroatoms. The van der Waals surface area contributed by atoms with Crippen molar-refractivity contribution in [2.24, 2.45) is 5.73 Å². The Kier molecular flexibility index (Phi) is 3.58. The summed E-state index contributed by atoms with van der Waals surface area (Å²) in [5.74, 6) is 0.328. The van der Waals surface area contributed by atoms with Gasteiger partial charge in [-0.3, -0.25) is 0 Å². The fourth-order valence-corrected chi connectivity index (χ4v) is 1.27. The molecule has 0 atom stereocenters. The predicted molar refractivity (Wildman–Crippen MR) is 51.8 cm³/mol. The van der Waals surface area contributed by atoms with Crippen LogP contribution in [0.4, 0.5) is 0 Å². The minimum absolute atomic E-state index is 0.164. The summed E-state index contributed by atoms with van der Waals surface area (Å²) < 4.78 is 0. The molecule has 0 radical (unpaired) electrons. The molecule has 0 aromatic heterocycles. The molecule has 0 fully saturated rings. The van der Waals surface area contributed by atoms with Crippen LogP contribution in [0.3, 0.4) is 0 Å². The van der Waals surface area contributed by atoms with Crippen LogP contribution >= 0.6 is 0 Å². The predicted octanol–water partition coefficient (Wildman–Crippen LogP) is 1.38. The summed E-state index contributed by atoms with van der Waals surface area (Å²) in [6.07, 6.45) is 2.48. The molecule has 0 spiro atoms. The van der Waals surface area contributed by atoms with Crippen molar-refractivity contribution < 1.29 is 10.2 Å². The molecule has 0 aliphatic rings. The van der Waals surface area contributed by atoms with Crippen LogP contribution in [0.1, 0.15) is 18.4 Å². The molecule has 72 valence electrons. The van der Waals surface area contributed by atoms with Crippen LogP contribution < -0.4 is 5.73 Å². The number of rotatable bonds is 4. The zero-order chi connectivity index (χ0) is 9.68. The smallest absolute Gasteiger partial charge is 0.122 e. The van der Waals surface area contributed by atoms with Gasteiger partial charge in [-0.1, -0.05) is 6.07 Å². The van der Waals surface area contributed by atoms with Crippen LogP contribution in [0.2, 0.25) is 0 Å².